The van der Waals surface area contributed by atoms with Crippen LogP contribution in [0.1, 0.15) is 39.4 Å². The lowest BCUT2D eigenvalue weighted by Gasteiger charge is -2.24. The third kappa shape index (κ3) is 2.97. The molecule has 130 valence electrons. The molecule has 2 heterocycles. The first-order valence-electron chi connectivity index (χ1n) is 8.34. The highest BCUT2D eigenvalue weighted by molar-refractivity contribution is 5.94. The molecule has 1 atom stereocenters. The molecule has 0 fully saturated rings. The number of carbonyl (C=O) groups is 2. The quantitative estimate of drug-likeness (QED) is 0.759. The van der Waals surface area contributed by atoms with E-state index in [9.17, 15) is 9.59 Å². The zero-order valence-electron chi connectivity index (χ0n) is 13.9. The number of carboxylic acids is 1. The number of benzene rings is 2. The van der Waals surface area contributed by atoms with Crippen molar-refractivity contribution in [2.75, 3.05) is 5.32 Å². The first-order chi connectivity index (χ1) is 12.6. The van der Waals surface area contributed by atoms with Crippen LogP contribution < -0.4 is 5.32 Å². The lowest BCUT2D eigenvalue weighted by Crippen LogP contribution is -2.25. The fourth-order valence-corrected chi connectivity index (χ4v) is 3.30. The molecule has 2 N–H and O–H groups in total. The number of hydrogen-bond acceptors (Lipinski definition) is 3. The maximum Gasteiger partial charge on any atom is 0.335 e. The van der Waals surface area contributed by atoms with Crippen molar-refractivity contribution < 1.29 is 14.7 Å². The fourth-order valence-electron chi connectivity index (χ4n) is 3.30. The molecule has 0 saturated heterocycles. The van der Waals surface area contributed by atoms with Crippen LogP contribution in [0.5, 0.6) is 0 Å². The Kier molecular flexibility index (Phi) is 4.01. The summed E-state index contributed by atoms with van der Waals surface area (Å²) in [5, 5.41) is 16.4. The number of aromatic carboxylic acids is 1. The van der Waals surface area contributed by atoms with E-state index in [2.05, 4.69) is 10.4 Å². The molecular formula is C20H17N3O3. The largest absolute Gasteiger partial charge is 0.478 e. The van der Waals surface area contributed by atoms with Crippen LogP contribution in [0.15, 0.2) is 60.8 Å². The third-order valence-corrected chi connectivity index (χ3v) is 4.63. The molecule has 2 aromatic carbocycles. The van der Waals surface area contributed by atoms with Crippen molar-refractivity contribution in [1.82, 2.24) is 9.78 Å². The van der Waals surface area contributed by atoms with Gasteiger partial charge in [-0.1, -0.05) is 42.5 Å². The van der Waals surface area contributed by atoms with Crippen LogP contribution in [0.4, 0.5) is 5.82 Å². The summed E-state index contributed by atoms with van der Waals surface area (Å²) in [6, 6.07) is 16.6. The number of amides is 1. The van der Waals surface area contributed by atoms with E-state index >= 15 is 0 Å². The first kappa shape index (κ1) is 16.1. The highest BCUT2D eigenvalue weighted by Crippen LogP contribution is 2.37. The first-order valence-corrected chi connectivity index (χ1v) is 8.34. The summed E-state index contributed by atoms with van der Waals surface area (Å²) < 4.78 is 1.79. The number of fused-ring (bicyclic) bond motifs is 1. The zero-order chi connectivity index (χ0) is 18.1. The van der Waals surface area contributed by atoms with Crippen LogP contribution in [-0.4, -0.2) is 26.8 Å². The molecule has 1 aliphatic heterocycles. The van der Waals surface area contributed by atoms with Crippen molar-refractivity contribution in [3.05, 3.63) is 83.0 Å². The predicted molar refractivity (Wildman–Crippen MR) is 96.3 cm³/mol. The summed E-state index contributed by atoms with van der Waals surface area (Å²) >= 11 is 0. The second-order valence-corrected chi connectivity index (χ2v) is 6.32. The van der Waals surface area contributed by atoms with Crippen LogP contribution >= 0.6 is 0 Å². The van der Waals surface area contributed by atoms with Gasteiger partial charge in [0.15, 0.2) is 0 Å². The van der Waals surface area contributed by atoms with Crippen molar-refractivity contribution in [2.45, 2.75) is 18.9 Å². The highest BCUT2D eigenvalue weighted by atomic mass is 16.4. The molecule has 0 unspecified atom stereocenters. The highest BCUT2D eigenvalue weighted by Gasteiger charge is 2.30. The number of rotatable bonds is 4. The molecule has 6 nitrogen and oxygen atoms in total. The van der Waals surface area contributed by atoms with Gasteiger partial charge in [-0.2, -0.15) is 5.10 Å². The van der Waals surface area contributed by atoms with Crippen molar-refractivity contribution in [3.63, 3.8) is 0 Å². The van der Waals surface area contributed by atoms with Gasteiger partial charge in [0, 0.05) is 17.9 Å². The van der Waals surface area contributed by atoms with Crippen LogP contribution in [0.3, 0.4) is 0 Å². The average Bonchev–Trinajstić information content (AvgIpc) is 3.04. The van der Waals surface area contributed by atoms with Gasteiger partial charge < -0.3 is 10.4 Å². The number of hydrogen-bond donors (Lipinski definition) is 2. The minimum atomic E-state index is -0.964. The average molecular weight is 347 g/mol. The molecule has 0 spiro atoms. The van der Waals surface area contributed by atoms with Crippen LogP contribution in [-0.2, 0) is 11.3 Å². The Bertz CT molecular complexity index is 962. The van der Waals surface area contributed by atoms with Gasteiger partial charge in [0.25, 0.3) is 0 Å². The fraction of sp³-hybridized carbons (Fsp3) is 0.150. The predicted octanol–water partition coefficient (Wildman–Crippen LogP) is 3.10. The Hall–Kier alpha value is -3.41. The van der Waals surface area contributed by atoms with Crippen LogP contribution in [0.2, 0.25) is 0 Å². The van der Waals surface area contributed by atoms with E-state index in [0.717, 1.165) is 16.7 Å². The summed E-state index contributed by atoms with van der Waals surface area (Å²) in [6.07, 6.45) is 2.10. The summed E-state index contributed by atoms with van der Waals surface area (Å²) in [5.41, 5.74) is 3.18. The lowest BCUT2D eigenvalue weighted by molar-refractivity contribution is -0.116. The van der Waals surface area contributed by atoms with Gasteiger partial charge in [-0.15, -0.1) is 0 Å². The van der Waals surface area contributed by atoms with Crippen molar-refractivity contribution in [2.24, 2.45) is 0 Å². The molecule has 0 radical (unpaired) electrons. The zero-order valence-corrected chi connectivity index (χ0v) is 13.9. The topological polar surface area (TPSA) is 84.2 Å². The van der Waals surface area contributed by atoms with Gasteiger partial charge in [0.2, 0.25) is 5.91 Å². The molecule has 26 heavy (non-hydrogen) atoms. The number of carboxylic acid groups (broad SMARTS) is 1. The van der Waals surface area contributed by atoms with E-state index in [4.69, 9.17) is 5.11 Å². The standard InChI is InChI=1S/C20H17N3O3/c24-18-10-16(14-6-8-15(9-7-14)20(25)26)17-11-21-23(19(17)22-18)12-13-4-2-1-3-5-13/h1-9,11,16H,10,12H2,(H,22,24)(H,25,26)/t16-/m0/s1. The molecule has 1 aromatic heterocycles. The van der Waals surface area contributed by atoms with E-state index in [1.54, 1.807) is 35.1 Å². The Labute approximate surface area is 150 Å². The molecule has 6 heteroatoms. The van der Waals surface area contributed by atoms with Gasteiger partial charge in [0.1, 0.15) is 5.82 Å². The minimum Gasteiger partial charge on any atom is -0.478 e. The minimum absolute atomic E-state index is 0.0698. The Balaban J connectivity index is 1.68. The maximum absolute atomic E-state index is 12.2. The molecule has 3 aromatic rings. The lowest BCUT2D eigenvalue weighted by atomic mass is 9.87. The van der Waals surface area contributed by atoms with E-state index < -0.39 is 5.97 Å². The van der Waals surface area contributed by atoms with Gasteiger partial charge in [-0.3, -0.25) is 4.79 Å². The van der Waals surface area contributed by atoms with E-state index in [1.807, 2.05) is 30.3 Å². The van der Waals surface area contributed by atoms with Gasteiger partial charge >= 0.3 is 5.97 Å². The SMILES string of the molecule is O=C1C[C@@H](c2ccc(C(=O)O)cc2)c2cnn(Cc3ccccc3)c2N1. The van der Waals surface area contributed by atoms with Gasteiger partial charge in [0.05, 0.1) is 18.3 Å². The normalized spacial score (nSPS) is 16.0. The summed E-state index contributed by atoms with van der Waals surface area (Å²) in [6.45, 7) is 0.571. The second-order valence-electron chi connectivity index (χ2n) is 6.32. The van der Waals surface area contributed by atoms with Crippen molar-refractivity contribution >= 4 is 17.7 Å². The number of nitrogens with zero attached hydrogens (tertiary/aromatic N) is 2. The number of anilines is 1. The third-order valence-electron chi connectivity index (χ3n) is 4.63. The molecule has 4 rings (SSSR count). The number of aromatic nitrogens is 2. The van der Waals surface area contributed by atoms with Crippen LogP contribution in [0, 0.1) is 0 Å². The molecule has 1 aliphatic rings. The molecular weight excluding hydrogens is 330 g/mol. The van der Waals surface area contributed by atoms with Gasteiger partial charge in [-0.25, -0.2) is 9.48 Å². The molecule has 0 saturated carbocycles. The second kappa shape index (κ2) is 6.48. The van der Waals surface area contributed by atoms with Crippen LogP contribution in [0.25, 0.3) is 0 Å². The van der Waals surface area contributed by atoms with Crippen molar-refractivity contribution in [1.29, 1.82) is 0 Å². The van der Waals surface area contributed by atoms with E-state index in [0.29, 0.717) is 18.8 Å². The van der Waals surface area contributed by atoms with Crippen molar-refractivity contribution in [3.8, 4) is 0 Å². The number of nitrogens with one attached hydrogen (secondary N) is 1. The molecule has 1 amide bonds. The summed E-state index contributed by atoms with van der Waals surface area (Å²) in [7, 11) is 0. The summed E-state index contributed by atoms with van der Waals surface area (Å²) in [4.78, 5) is 23.3. The van der Waals surface area contributed by atoms with E-state index in [1.165, 1.54) is 0 Å². The van der Waals surface area contributed by atoms with E-state index in [-0.39, 0.29) is 17.4 Å². The smallest absolute Gasteiger partial charge is 0.335 e. The Morgan fingerprint density at radius 1 is 1.15 bits per heavy atom. The molecule has 0 bridgehead atoms. The molecule has 0 aliphatic carbocycles. The maximum atomic E-state index is 12.2. The number of carbonyl (C=O) groups excluding carboxylic acids is 1. The Morgan fingerprint density at radius 2 is 1.88 bits per heavy atom. The monoisotopic (exact) mass is 347 g/mol. The Morgan fingerprint density at radius 3 is 2.58 bits per heavy atom. The summed E-state index contributed by atoms with van der Waals surface area (Å²) in [5.74, 6) is -0.461. The van der Waals surface area contributed by atoms with Gasteiger partial charge in [-0.05, 0) is 23.3 Å².